The first-order valence-electron chi connectivity index (χ1n) is 12.0. The number of hydrogen-bond acceptors (Lipinski definition) is 6. The molecule has 3 aromatic rings. The molecule has 1 aromatic heterocycles. The molecule has 0 spiro atoms. The monoisotopic (exact) mass is 521 g/mol. The summed E-state index contributed by atoms with van der Waals surface area (Å²) in [5, 5.41) is 9.67. The number of carboxylic acids is 1. The molecule has 0 amide bonds. The average Bonchev–Trinajstić information content (AvgIpc) is 3.24. The molecule has 0 saturated carbocycles. The first-order chi connectivity index (χ1) is 17.1. The molecule has 1 saturated heterocycles. The lowest BCUT2D eigenvalue weighted by Gasteiger charge is -2.41. The molecule has 0 radical (unpaired) electrons. The summed E-state index contributed by atoms with van der Waals surface area (Å²) < 4.78 is 45.4. The van der Waals surface area contributed by atoms with Gasteiger partial charge in [-0.15, -0.1) is 0 Å². The van der Waals surface area contributed by atoms with E-state index >= 15 is 0 Å². The van der Waals surface area contributed by atoms with Crippen molar-refractivity contribution in [3.05, 3.63) is 53.1 Å². The van der Waals surface area contributed by atoms with Crippen molar-refractivity contribution in [1.29, 1.82) is 0 Å². The van der Waals surface area contributed by atoms with Gasteiger partial charge in [-0.25, -0.2) is 9.78 Å². The minimum absolute atomic E-state index is 0.203. The van der Waals surface area contributed by atoms with E-state index in [9.17, 15) is 18.0 Å². The van der Waals surface area contributed by atoms with Crippen molar-refractivity contribution in [2.75, 3.05) is 31.1 Å². The molecule has 0 bridgehead atoms. The number of rotatable bonds is 9. The zero-order valence-corrected chi connectivity index (χ0v) is 21.2. The number of aryl methyl sites for hydroxylation is 1. The SMILES string of the molecule is CCCC[C@H]1CN(Cc2cc(C)cc(OCC(=O)O)c2)CCN1c1nc2ccc(C(F)(F)F)cc2s1. The second-order valence-corrected chi connectivity index (χ2v) is 10.2. The van der Waals surface area contributed by atoms with E-state index in [4.69, 9.17) is 9.84 Å². The fourth-order valence-electron chi connectivity index (χ4n) is 4.62. The van der Waals surface area contributed by atoms with Crippen LogP contribution in [0.15, 0.2) is 36.4 Å². The topological polar surface area (TPSA) is 65.9 Å². The largest absolute Gasteiger partial charge is 0.482 e. The number of carbonyl (C=O) groups is 1. The molecule has 1 aliphatic heterocycles. The smallest absolute Gasteiger partial charge is 0.416 e. The third-order valence-electron chi connectivity index (χ3n) is 6.29. The van der Waals surface area contributed by atoms with Crippen molar-refractivity contribution >= 4 is 32.7 Å². The number of hydrogen-bond donors (Lipinski definition) is 1. The molecule has 10 heteroatoms. The van der Waals surface area contributed by atoms with Gasteiger partial charge in [0.15, 0.2) is 11.7 Å². The predicted molar refractivity (Wildman–Crippen MR) is 135 cm³/mol. The van der Waals surface area contributed by atoms with Gasteiger partial charge in [-0.05, 0) is 54.8 Å². The Morgan fingerprint density at radius 2 is 2.03 bits per heavy atom. The Morgan fingerprint density at radius 1 is 1.22 bits per heavy atom. The summed E-state index contributed by atoms with van der Waals surface area (Å²) in [6.07, 6.45) is -1.30. The number of carboxylic acid groups (broad SMARTS) is 1. The van der Waals surface area contributed by atoms with Crippen molar-refractivity contribution in [2.24, 2.45) is 0 Å². The van der Waals surface area contributed by atoms with Gasteiger partial charge in [0.2, 0.25) is 0 Å². The highest BCUT2D eigenvalue weighted by Crippen LogP contribution is 2.37. The van der Waals surface area contributed by atoms with Crippen LogP contribution in [0.25, 0.3) is 10.2 Å². The molecular weight excluding hydrogens is 491 g/mol. The number of fused-ring (bicyclic) bond motifs is 1. The van der Waals surface area contributed by atoms with Crippen LogP contribution >= 0.6 is 11.3 Å². The van der Waals surface area contributed by atoms with Gasteiger partial charge in [-0.2, -0.15) is 13.2 Å². The summed E-state index contributed by atoms with van der Waals surface area (Å²) in [6, 6.07) is 9.73. The number of ether oxygens (including phenoxy) is 1. The molecule has 1 N–H and O–H groups in total. The number of piperazine rings is 1. The zero-order valence-electron chi connectivity index (χ0n) is 20.3. The molecule has 1 fully saturated rings. The Balaban J connectivity index is 1.50. The number of alkyl halides is 3. The summed E-state index contributed by atoms with van der Waals surface area (Å²) >= 11 is 1.32. The third kappa shape index (κ3) is 6.47. The standard InChI is InChI=1S/C26H30F3N3O3S/c1-3-4-5-20-15-31(14-18-10-17(2)11-21(12-18)35-16-24(33)34)8-9-32(20)25-30-22-7-6-19(26(27,28)29)13-23(22)36-25/h6-7,10-13,20H,3-5,8-9,14-16H2,1-2H3,(H,33,34)/t20-/m0/s1. The molecule has 0 unspecified atom stereocenters. The lowest BCUT2D eigenvalue weighted by molar-refractivity contribution is -0.139. The maximum Gasteiger partial charge on any atom is 0.416 e. The first-order valence-corrected chi connectivity index (χ1v) is 12.9. The normalized spacial score (nSPS) is 17.0. The molecule has 194 valence electrons. The molecule has 36 heavy (non-hydrogen) atoms. The number of aromatic nitrogens is 1. The number of unbranched alkanes of at least 4 members (excludes halogenated alkanes) is 1. The molecule has 1 aliphatic rings. The van der Waals surface area contributed by atoms with Gasteiger partial charge >= 0.3 is 12.1 Å². The maximum absolute atomic E-state index is 13.2. The molecule has 1 atom stereocenters. The fourth-order valence-corrected chi connectivity index (χ4v) is 5.72. The maximum atomic E-state index is 13.2. The third-order valence-corrected chi connectivity index (χ3v) is 7.34. The van der Waals surface area contributed by atoms with Gasteiger partial charge in [0.25, 0.3) is 0 Å². The Kier molecular flexibility index (Phi) is 8.04. The molecular formula is C26H30F3N3O3S. The van der Waals surface area contributed by atoms with Gasteiger partial charge in [0, 0.05) is 32.2 Å². The van der Waals surface area contributed by atoms with Crippen molar-refractivity contribution in [2.45, 2.75) is 51.9 Å². The Morgan fingerprint density at radius 3 is 2.75 bits per heavy atom. The van der Waals surface area contributed by atoms with E-state index in [1.807, 2.05) is 19.1 Å². The highest BCUT2D eigenvalue weighted by Gasteiger charge is 2.32. The summed E-state index contributed by atoms with van der Waals surface area (Å²) in [4.78, 5) is 20.1. The van der Waals surface area contributed by atoms with E-state index in [2.05, 4.69) is 27.8 Å². The highest BCUT2D eigenvalue weighted by atomic mass is 32.1. The number of aliphatic carboxylic acids is 1. The lowest BCUT2D eigenvalue weighted by Crippen LogP contribution is -2.53. The van der Waals surface area contributed by atoms with E-state index in [0.717, 1.165) is 61.2 Å². The van der Waals surface area contributed by atoms with Crippen LogP contribution in [0.4, 0.5) is 18.3 Å². The van der Waals surface area contributed by atoms with E-state index in [0.29, 0.717) is 22.5 Å². The van der Waals surface area contributed by atoms with Gasteiger partial charge in [-0.3, -0.25) is 4.90 Å². The summed E-state index contributed by atoms with van der Waals surface area (Å²) in [7, 11) is 0. The van der Waals surface area contributed by atoms with Crippen LogP contribution in [-0.4, -0.2) is 53.2 Å². The Bertz CT molecular complexity index is 1210. The predicted octanol–water partition coefficient (Wildman–Crippen LogP) is 5.97. The molecule has 2 aromatic carbocycles. The van der Waals surface area contributed by atoms with E-state index in [1.54, 1.807) is 0 Å². The van der Waals surface area contributed by atoms with Crippen LogP contribution < -0.4 is 9.64 Å². The first kappa shape index (κ1) is 26.2. The van der Waals surface area contributed by atoms with Crippen LogP contribution in [-0.2, 0) is 17.5 Å². The van der Waals surface area contributed by atoms with Gasteiger partial charge in [-0.1, -0.05) is 37.2 Å². The molecule has 0 aliphatic carbocycles. The van der Waals surface area contributed by atoms with E-state index < -0.39 is 17.7 Å². The van der Waals surface area contributed by atoms with Gasteiger partial charge in [0.1, 0.15) is 5.75 Å². The van der Waals surface area contributed by atoms with E-state index in [-0.39, 0.29) is 12.6 Å². The number of nitrogens with zero attached hydrogens (tertiary/aromatic N) is 3. The second-order valence-electron chi connectivity index (χ2n) is 9.24. The van der Waals surface area contributed by atoms with E-state index in [1.165, 1.54) is 23.5 Å². The minimum atomic E-state index is -4.37. The number of halogens is 3. The number of anilines is 1. The van der Waals surface area contributed by atoms with Crippen molar-refractivity contribution in [3.63, 3.8) is 0 Å². The van der Waals surface area contributed by atoms with Crippen LogP contribution in [0, 0.1) is 6.92 Å². The lowest BCUT2D eigenvalue weighted by atomic mass is 10.0. The van der Waals surface area contributed by atoms with Crippen LogP contribution in [0.3, 0.4) is 0 Å². The summed E-state index contributed by atoms with van der Waals surface area (Å²) in [6.45, 7) is 6.75. The van der Waals surface area contributed by atoms with Gasteiger partial charge in [0.05, 0.1) is 15.8 Å². The average molecular weight is 522 g/mol. The minimum Gasteiger partial charge on any atom is -0.482 e. The van der Waals surface area contributed by atoms with Crippen molar-refractivity contribution < 1.29 is 27.8 Å². The van der Waals surface area contributed by atoms with Crippen LogP contribution in [0.1, 0.15) is 42.9 Å². The molecule has 4 rings (SSSR count). The van der Waals surface area contributed by atoms with Crippen molar-refractivity contribution in [3.8, 4) is 5.75 Å². The summed E-state index contributed by atoms with van der Waals surface area (Å²) in [5.74, 6) is -0.473. The molecule has 6 nitrogen and oxygen atoms in total. The number of thiazole rings is 1. The van der Waals surface area contributed by atoms with Gasteiger partial charge < -0.3 is 14.7 Å². The zero-order chi connectivity index (χ0) is 25.9. The van der Waals surface area contributed by atoms with Crippen LogP contribution in [0.5, 0.6) is 5.75 Å². The fraction of sp³-hybridized carbons (Fsp3) is 0.462. The Labute approximate surface area is 212 Å². The highest BCUT2D eigenvalue weighted by molar-refractivity contribution is 7.22. The van der Waals surface area contributed by atoms with Crippen LogP contribution in [0.2, 0.25) is 0 Å². The quantitative estimate of drug-likeness (QED) is 0.374. The van der Waals surface area contributed by atoms with Crippen molar-refractivity contribution in [1.82, 2.24) is 9.88 Å². The Hall–Kier alpha value is -2.85. The molecule has 2 heterocycles. The second kappa shape index (κ2) is 11.0. The number of benzene rings is 2. The summed E-state index contributed by atoms with van der Waals surface area (Å²) in [5.41, 5.74) is 2.00.